The molecule has 3 N–H and O–H groups in total. The van der Waals surface area contributed by atoms with Crippen LogP contribution in [0.4, 0.5) is 0 Å². The monoisotopic (exact) mass is 233 g/mol. The third kappa shape index (κ3) is 4.72. The fraction of sp³-hybridized carbons (Fsp3) is 1.00. The first-order valence-corrected chi connectivity index (χ1v) is 6.73. The molecule has 0 spiro atoms. The van der Waals surface area contributed by atoms with Gasteiger partial charge in [0.25, 0.3) is 0 Å². The van der Waals surface area contributed by atoms with Crippen molar-refractivity contribution >= 4 is 11.8 Å². The Labute approximate surface area is 96.8 Å². The van der Waals surface area contributed by atoms with Crippen LogP contribution in [0.3, 0.4) is 0 Å². The number of aliphatic hydroxyl groups excluding tert-OH is 1. The number of rotatable bonds is 6. The van der Waals surface area contributed by atoms with E-state index in [-0.39, 0.29) is 6.61 Å². The van der Waals surface area contributed by atoms with Gasteiger partial charge in [-0.1, -0.05) is 0 Å². The molecule has 3 atom stereocenters. The molecule has 1 aliphatic rings. The van der Waals surface area contributed by atoms with Crippen molar-refractivity contribution < 1.29 is 9.84 Å². The maximum atomic E-state index is 9.00. The summed E-state index contributed by atoms with van der Waals surface area (Å²) >= 11 is 1.98. The molecule has 1 rings (SSSR count). The SMILES string of the molecule is CC1OCCC1SCCCC(C)(N)CO. The van der Waals surface area contributed by atoms with Crippen molar-refractivity contribution in [1.82, 2.24) is 0 Å². The highest BCUT2D eigenvalue weighted by Crippen LogP contribution is 2.27. The van der Waals surface area contributed by atoms with Gasteiger partial charge in [0.15, 0.2) is 0 Å². The molecule has 4 heteroatoms. The molecule has 3 unspecified atom stereocenters. The van der Waals surface area contributed by atoms with Crippen molar-refractivity contribution in [3.05, 3.63) is 0 Å². The van der Waals surface area contributed by atoms with E-state index in [9.17, 15) is 0 Å². The Morgan fingerprint density at radius 1 is 1.60 bits per heavy atom. The van der Waals surface area contributed by atoms with Crippen molar-refractivity contribution in [2.45, 2.75) is 50.0 Å². The van der Waals surface area contributed by atoms with Crippen molar-refractivity contribution in [3.8, 4) is 0 Å². The zero-order valence-electron chi connectivity index (χ0n) is 9.74. The normalized spacial score (nSPS) is 30.4. The second kappa shape index (κ2) is 6.09. The maximum absolute atomic E-state index is 9.00. The molecule has 0 radical (unpaired) electrons. The minimum atomic E-state index is -0.404. The molecule has 1 saturated heterocycles. The molecular formula is C11H23NO2S. The van der Waals surface area contributed by atoms with E-state index >= 15 is 0 Å². The maximum Gasteiger partial charge on any atom is 0.0666 e. The number of hydrogen-bond donors (Lipinski definition) is 2. The first-order chi connectivity index (χ1) is 7.05. The number of hydrogen-bond acceptors (Lipinski definition) is 4. The van der Waals surface area contributed by atoms with Crippen molar-refractivity contribution in [3.63, 3.8) is 0 Å². The lowest BCUT2D eigenvalue weighted by atomic mass is 9.99. The van der Waals surface area contributed by atoms with Crippen molar-refractivity contribution in [1.29, 1.82) is 0 Å². The molecule has 0 aromatic rings. The van der Waals surface area contributed by atoms with E-state index < -0.39 is 5.54 Å². The summed E-state index contributed by atoms with van der Waals surface area (Å²) in [6, 6.07) is 0. The Bertz CT molecular complexity index is 187. The lowest BCUT2D eigenvalue weighted by molar-refractivity contribution is 0.127. The summed E-state index contributed by atoms with van der Waals surface area (Å²) in [6.45, 7) is 5.02. The van der Waals surface area contributed by atoms with Crippen LogP contribution in [0.15, 0.2) is 0 Å². The van der Waals surface area contributed by atoms with Crippen LogP contribution in [0.1, 0.15) is 33.1 Å². The molecule has 0 saturated carbocycles. The van der Waals surface area contributed by atoms with Crippen LogP contribution in [0.25, 0.3) is 0 Å². The zero-order valence-corrected chi connectivity index (χ0v) is 10.6. The summed E-state index contributed by atoms with van der Waals surface area (Å²) < 4.78 is 5.50. The van der Waals surface area contributed by atoms with E-state index in [2.05, 4.69) is 6.92 Å². The van der Waals surface area contributed by atoms with Crippen molar-refractivity contribution in [2.75, 3.05) is 19.0 Å². The molecule has 0 bridgehead atoms. The minimum absolute atomic E-state index is 0.0700. The quantitative estimate of drug-likeness (QED) is 0.681. The fourth-order valence-electron chi connectivity index (χ4n) is 1.72. The van der Waals surface area contributed by atoms with Gasteiger partial charge in [0, 0.05) is 17.4 Å². The Kier molecular flexibility index (Phi) is 5.39. The number of aliphatic hydroxyl groups is 1. The lowest BCUT2D eigenvalue weighted by Gasteiger charge is -2.21. The van der Waals surface area contributed by atoms with E-state index in [4.69, 9.17) is 15.6 Å². The average molecular weight is 233 g/mol. The topological polar surface area (TPSA) is 55.5 Å². The molecule has 1 aliphatic heterocycles. The van der Waals surface area contributed by atoms with Gasteiger partial charge < -0.3 is 15.6 Å². The standard InChI is InChI=1S/C11H23NO2S/c1-9-10(4-6-14-9)15-7-3-5-11(2,12)8-13/h9-10,13H,3-8,12H2,1-2H3. The molecular weight excluding hydrogens is 210 g/mol. The van der Waals surface area contributed by atoms with Crippen LogP contribution >= 0.6 is 11.8 Å². The van der Waals surface area contributed by atoms with Crippen LogP contribution in [0.2, 0.25) is 0 Å². The number of thioether (sulfide) groups is 1. The van der Waals surface area contributed by atoms with Gasteiger partial charge in [-0.15, -0.1) is 0 Å². The first kappa shape index (κ1) is 13.3. The van der Waals surface area contributed by atoms with Crippen LogP contribution in [0.5, 0.6) is 0 Å². The van der Waals surface area contributed by atoms with Gasteiger partial charge in [-0.25, -0.2) is 0 Å². The van der Waals surface area contributed by atoms with Gasteiger partial charge in [0.05, 0.1) is 12.7 Å². The smallest absolute Gasteiger partial charge is 0.0666 e. The van der Waals surface area contributed by atoms with E-state index in [1.807, 2.05) is 18.7 Å². The lowest BCUT2D eigenvalue weighted by Crippen LogP contribution is -2.40. The van der Waals surface area contributed by atoms with Crippen LogP contribution < -0.4 is 5.73 Å². The van der Waals surface area contributed by atoms with Gasteiger partial charge in [-0.05, 0) is 38.9 Å². The molecule has 1 fully saturated rings. The molecule has 0 aromatic carbocycles. The van der Waals surface area contributed by atoms with E-state index in [1.54, 1.807) is 0 Å². The highest BCUT2D eigenvalue weighted by Gasteiger charge is 2.24. The number of nitrogens with two attached hydrogens (primary N) is 1. The highest BCUT2D eigenvalue weighted by atomic mass is 32.2. The molecule has 15 heavy (non-hydrogen) atoms. The Morgan fingerprint density at radius 2 is 2.33 bits per heavy atom. The Hall–Kier alpha value is 0.230. The molecule has 1 heterocycles. The van der Waals surface area contributed by atoms with Gasteiger partial charge in [-0.3, -0.25) is 0 Å². The largest absolute Gasteiger partial charge is 0.394 e. The first-order valence-electron chi connectivity index (χ1n) is 5.68. The predicted octanol–water partition coefficient (Wildman–Crippen LogP) is 1.39. The second-order valence-corrected chi connectivity index (χ2v) is 6.04. The van der Waals surface area contributed by atoms with Gasteiger partial charge in [-0.2, -0.15) is 11.8 Å². The van der Waals surface area contributed by atoms with Crippen LogP contribution in [-0.4, -0.2) is 41.0 Å². The number of ether oxygens (including phenoxy) is 1. The zero-order chi connectivity index (χ0) is 11.3. The van der Waals surface area contributed by atoms with E-state index in [0.717, 1.165) is 25.2 Å². The van der Waals surface area contributed by atoms with Gasteiger partial charge in [0.2, 0.25) is 0 Å². The Balaban J connectivity index is 2.06. The minimum Gasteiger partial charge on any atom is -0.394 e. The van der Waals surface area contributed by atoms with Crippen LogP contribution in [0, 0.1) is 0 Å². The fourth-order valence-corrected chi connectivity index (χ4v) is 2.95. The third-order valence-corrected chi connectivity index (χ3v) is 4.46. The summed E-state index contributed by atoms with van der Waals surface area (Å²) in [6.07, 6.45) is 3.53. The molecule has 0 amide bonds. The summed E-state index contributed by atoms with van der Waals surface area (Å²) in [4.78, 5) is 0. The molecule has 0 aromatic heterocycles. The van der Waals surface area contributed by atoms with Crippen LogP contribution in [-0.2, 0) is 4.74 Å². The second-order valence-electron chi connectivity index (χ2n) is 4.69. The van der Waals surface area contributed by atoms with E-state index in [0.29, 0.717) is 11.4 Å². The highest BCUT2D eigenvalue weighted by molar-refractivity contribution is 7.99. The molecule has 90 valence electrons. The third-order valence-electron chi connectivity index (χ3n) is 2.89. The summed E-state index contributed by atoms with van der Waals surface area (Å²) in [5, 5.41) is 9.65. The summed E-state index contributed by atoms with van der Waals surface area (Å²) in [5.41, 5.74) is 5.45. The molecule has 3 nitrogen and oxygen atoms in total. The van der Waals surface area contributed by atoms with Gasteiger partial charge >= 0.3 is 0 Å². The summed E-state index contributed by atoms with van der Waals surface area (Å²) in [7, 11) is 0. The molecule has 0 aliphatic carbocycles. The van der Waals surface area contributed by atoms with Gasteiger partial charge in [0.1, 0.15) is 0 Å². The predicted molar refractivity (Wildman–Crippen MR) is 65.2 cm³/mol. The van der Waals surface area contributed by atoms with E-state index in [1.165, 1.54) is 6.42 Å². The summed E-state index contributed by atoms with van der Waals surface area (Å²) in [5.74, 6) is 1.12. The Morgan fingerprint density at radius 3 is 2.87 bits per heavy atom. The van der Waals surface area contributed by atoms with Crippen molar-refractivity contribution in [2.24, 2.45) is 5.73 Å². The average Bonchev–Trinajstić information content (AvgIpc) is 2.59.